The highest BCUT2D eigenvalue weighted by Gasteiger charge is 2.46. The summed E-state index contributed by atoms with van der Waals surface area (Å²) in [6.07, 6.45) is 4.63. The zero-order valence-electron chi connectivity index (χ0n) is 20.9. The Bertz CT molecular complexity index is 1130. The number of amides is 4. The van der Waals surface area contributed by atoms with E-state index >= 15 is 0 Å². The van der Waals surface area contributed by atoms with Gasteiger partial charge in [-0.2, -0.15) is 0 Å². The quantitative estimate of drug-likeness (QED) is 0.405. The van der Waals surface area contributed by atoms with Gasteiger partial charge >= 0.3 is 0 Å². The van der Waals surface area contributed by atoms with Crippen LogP contribution in [0.5, 0.6) is 0 Å². The first-order valence-electron chi connectivity index (χ1n) is 13.1. The molecule has 5 rings (SSSR count). The van der Waals surface area contributed by atoms with Gasteiger partial charge in [0.25, 0.3) is 11.8 Å². The maximum Gasteiger partial charge on any atom is 0.264 e. The van der Waals surface area contributed by atoms with Gasteiger partial charge in [0.2, 0.25) is 17.7 Å². The summed E-state index contributed by atoms with van der Waals surface area (Å²) in [7, 11) is 1.90. The van der Waals surface area contributed by atoms with E-state index in [4.69, 9.17) is 5.73 Å². The highest BCUT2D eigenvalue weighted by molar-refractivity contribution is 6.26. The number of halogens is 2. The van der Waals surface area contributed by atoms with Crippen LogP contribution in [0.25, 0.3) is 0 Å². The fourth-order valence-electron chi connectivity index (χ4n) is 6.34. The Hall–Kier alpha value is -3.08. The van der Waals surface area contributed by atoms with Crippen LogP contribution in [0.4, 0.5) is 20.2 Å². The van der Waals surface area contributed by atoms with Crippen molar-refractivity contribution < 1.29 is 28.0 Å². The van der Waals surface area contributed by atoms with Crippen LogP contribution in [-0.2, 0) is 9.59 Å². The molecule has 2 heterocycles. The highest BCUT2D eigenvalue weighted by Crippen LogP contribution is 2.39. The monoisotopic (exact) mass is 517 g/mol. The molecule has 0 bridgehead atoms. The minimum Gasteiger partial charge on any atom is -0.396 e. The van der Waals surface area contributed by atoms with Crippen molar-refractivity contribution in [3.05, 3.63) is 23.3 Å². The Balaban J connectivity index is 1.36. The second-order valence-electron chi connectivity index (χ2n) is 10.7. The number of nitrogens with one attached hydrogen (secondary N) is 2. The first-order chi connectivity index (χ1) is 17.6. The Morgan fingerprint density at radius 2 is 1.73 bits per heavy atom. The molecule has 1 saturated heterocycles. The summed E-state index contributed by atoms with van der Waals surface area (Å²) in [6.45, 7) is 0. The molecule has 2 aliphatic carbocycles. The molecule has 1 aromatic carbocycles. The van der Waals surface area contributed by atoms with Crippen molar-refractivity contribution in [1.29, 1.82) is 0 Å². The molecule has 3 atom stereocenters. The van der Waals surface area contributed by atoms with Crippen LogP contribution < -0.4 is 21.3 Å². The molecule has 11 heteroatoms. The zero-order valence-corrected chi connectivity index (χ0v) is 20.9. The molecule has 0 spiro atoms. The molecule has 2 aliphatic heterocycles. The maximum absolute atomic E-state index is 13.6. The lowest BCUT2D eigenvalue weighted by molar-refractivity contribution is -0.136. The van der Waals surface area contributed by atoms with Crippen LogP contribution in [0.1, 0.15) is 84.9 Å². The molecule has 1 aromatic rings. The van der Waals surface area contributed by atoms with Crippen molar-refractivity contribution >= 4 is 35.0 Å². The van der Waals surface area contributed by atoms with Crippen molar-refractivity contribution in [3.8, 4) is 0 Å². The Labute approximate surface area is 214 Å². The SMILES string of the molecule is CN(c1ccc2c(c1N)C(=O)N(C1CCC(=O)NC1=O)C2=O)[C@@H]1CCCC[C@H]1NC1CCC(F)(F)CC1. The predicted molar refractivity (Wildman–Crippen MR) is 132 cm³/mol. The van der Waals surface area contributed by atoms with Crippen molar-refractivity contribution in [2.45, 2.75) is 94.3 Å². The van der Waals surface area contributed by atoms with Crippen molar-refractivity contribution in [1.82, 2.24) is 15.5 Å². The van der Waals surface area contributed by atoms with E-state index in [0.717, 1.165) is 30.6 Å². The van der Waals surface area contributed by atoms with E-state index in [1.165, 1.54) is 0 Å². The van der Waals surface area contributed by atoms with E-state index in [1.54, 1.807) is 12.1 Å². The van der Waals surface area contributed by atoms with Gasteiger partial charge in [-0.05, 0) is 44.2 Å². The van der Waals surface area contributed by atoms with Crippen LogP contribution >= 0.6 is 0 Å². The van der Waals surface area contributed by atoms with Gasteiger partial charge in [-0.15, -0.1) is 0 Å². The number of nitrogen functional groups attached to an aromatic ring is 1. The third kappa shape index (κ3) is 4.69. The van der Waals surface area contributed by atoms with Crippen LogP contribution in [0.15, 0.2) is 12.1 Å². The lowest BCUT2D eigenvalue weighted by atomic mass is 9.86. The molecular weight excluding hydrogens is 484 g/mol. The van der Waals surface area contributed by atoms with Crippen molar-refractivity contribution in [2.24, 2.45) is 0 Å². The number of rotatable bonds is 5. The topological polar surface area (TPSA) is 125 Å². The third-order valence-electron chi connectivity index (χ3n) is 8.40. The van der Waals surface area contributed by atoms with Crippen molar-refractivity contribution in [3.63, 3.8) is 0 Å². The summed E-state index contributed by atoms with van der Waals surface area (Å²) < 4.78 is 27.3. The fraction of sp³-hybridized carbons (Fsp3) is 0.615. The molecule has 200 valence electrons. The lowest BCUT2D eigenvalue weighted by Gasteiger charge is -2.42. The van der Waals surface area contributed by atoms with E-state index in [1.807, 2.05) is 11.9 Å². The number of anilines is 2. The van der Waals surface area contributed by atoms with Gasteiger partial charge in [-0.1, -0.05) is 12.8 Å². The van der Waals surface area contributed by atoms with Crippen LogP contribution in [-0.4, -0.2) is 65.7 Å². The largest absolute Gasteiger partial charge is 0.396 e. The number of carbonyl (C=O) groups is 4. The van der Waals surface area contributed by atoms with Crippen LogP contribution in [0.3, 0.4) is 0 Å². The Kier molecular flexibility index (Phi) is 6.68. The minimum atomic E-state index is -2.58. The number of nitrogens with two attached hydrogens (primary N) is 1. The zero-order chi connectivity index (χ0) is 26.5. The summed E-state index contributed by atoms with van der Waals surface area (Å²) in [6, 6.07) is 2.39. The number of benzene rings is 1. The number of nitrogens with zero attached hydrogens (tertiary/aromatic N) is 2. The summed E-state index contributed by atoms with van der Waals surface area (Å²) in [5.41, 5.74) is 7.51. The second kappa shape index (κ2) is 9.66. The van der Waals surface area contributed by atoms with E-state index in [-0.39, 0.29) is 60.6 Å². The number of imide groups is 2. The first kappa shape index (κ1) is 25.6. The lowest BCUT2D eigenvalue weighted by Crippen LogP contribution is -2.54. The Morgan fingerprint density at radius 3 is 2.43 bits per heavy atom. The average molecular weight is 518 g/mol. The molecule has 9 nitrogen and oxygen atoms in total. The van der Waals surface area contributed by atoms with Gasteiger partial charge in [0, 0.05) is 44.4 Å². The molecule has 2 saturated carbocycles. The number of likely N-dealkylation sites (N-methyl/N-ethyl adjacent to an activating group) is 1. The summed E-state index contributed by atoms with van der Waals surface area (Å²) in [5.74, 6) is -4.91. The van der Waals surface area contributed by atoms with Gasteiger partial charge < -0.3 is 16.0 Å². The minimum absolute atomic E-state index is 0.0370. The van der Waals surface area contributed by atoms with Crippen LogP contribution in [0, 0.1) is 0 Å². The number of hydrogen-bond donors (Lipinski definition) is 3. The molecule has 4 amide bonds. The molecular formula is C26H33F2N5O4. The average Bonchev–Trinajstić information content (AvgIpc) is 3.11. The van der Waals surface area contributed by atoms with E-state index in [9.17, 15) is 28.0 Å². The molecule has 4 aliphatic rings. The predicted octanol–water partition coefficient (Wildman–Crippen LogP) is 2.58. The maximum atomic E-state index is 13.6. The fourth-order valence-corrected chi connectivity index (χ4v) is 6.34. The highest BCUT2D eigenvalue weighted by atomic mass is 19.3. The molecule has 37 heavy (non-hydrogen) atoms. The van der Waals surface area contributed by atoms with Gasteiger partial charge in [-0.25, -0.2) is 8.78 Å². The van der Waals surface area contributed by atoms with Gasteiger partial charge in [0.05, 0.1) is 22.5 Å². The van der Waals surface area contributed by atoms with Gasteiger partial charge in [0.1, 0.15) is 6.04 Å². The van der Waals surface area contributed by atoms with E-state index < -0.39 is 35.6 Å². The normalized spacial score (nSPS) is 28.3. The number of piperidine rings is 1. The first-order valence-corrected chi connectivity index (χ1v) is 13.1. The van der Waals surface area contributed by atoms with E-state index in [2.05, 4.69) is 10.6 Å². The summed E-state index contributed by atoms with van der Waals surface area (Å²) in [4.78, 5) is 53.3. The molecule has 0 aromatic heterocycles. The number of carbonyl (C=O) groups excluding carboxylic acids is 4. The molecule has 0 radical (unpaired) electrons. The number of fused-ring (bicyclic) bond motifs is 1. The molecule has 3 fully saturated rings. The van der Waals surface area contributed by atoms with E-state index in [0.29, 0.717) is 18.5 Å². The summed E-state index contributed by atoms with van der Waals surface area (Å²) >= 11 is 0. The van der Waals surface area contributed by atoms with Crippen molar-refractivity contribution in [2.75, 3.05) is 17.7 Å². The number of hydrogen-bond acceptors (Lipinski definition) is 7. The standard InChI is InChI=1S/C26H33F2N5O4/c1-32(17-5-3-2-4-16(17)30-14-10-12-26(27,28)13-11-14)18-7-6-15-21(22(18)29)25(37)33(24(15)36)19-8-9-20(34)31-23(19)35/h6-7,14,16-17,19,30H,2-5,8-13,29H2,1H3,(H,31,34,35)/t16-,17-,19?/m1/s1. The van der Waals surface area contributed by atoms with Crippen LogP contribution in [0.2, 0.25) is 0 Å². The van der Waals surface area contributed by atoms with Gasteiger partial charge in [0.15, 0.2) is 0 Å². The second-order valence-corrected chi connectivity index (χ2v) is 10.7. The Morgan fingerprint density at radius 1 is 1.03 bits per heavy atom. The third-order valence-corrected chi connectivity index (χ3v) is 8.40. The smallest absolute Gasteiger partial charge is 0.264 e. The molecule has 1 unspecified atom stereocenters. The van der Waals surface area contributed by atoms with Gasteiger partial charge in [-0.3, -0.25) is 29.4 Å². The summed E-state index contributed by atoms with van der Waals surface area (Å²) in [5, 5.41) is 5.82. The number of alkyl halides is 2. The molecule has 4 N–H and O–H groups in total.